The lowest BCUT2D eigenvalue weighted by Gasteiger charge is -1.91. The molecular weight excluding hydrogens is 140 g/mol. The fourth-order valence-corrected chi connectivity index (χ4v) is 0.901. The highest BCUT2D eigenvalue weighted by molar-refractivity contribution is 5.75. The van der Waals surface area contributed by atoms with Crippen LogP contribution in [0.3, 0.4) is 0 Å². The lowest BCUT2D eigenvalue weighted by molar-refractivity contribution is -0.116. The Kier molecular flexibility index (Phi) is 2.41. The van der Waals surface area contributed by atoms with Crippen molar-refractivity contribution in [1.29, 1.82) is 0 Å². The molecule has 60 valence electrons. The van der Waals surface area contributed by atoms with Crippen LogP contribution in [0.5, 0.6) is 0 Å². The summed E-state index contributed by atoms with van der Waals surface area (Å²) in [6, 6.07) is 1.93. The number of aryl methyl sites for hydroxylation is 2. The standard InChI is InChI=1S/C8H12N2O/c1-7(11)3-4-8-5-6-10(2)9-8/h5-6H,3-4H2,1-2H3. The smallest absolute Gasteiger partial charge is 0.130 e. The molecule has 0 aliphatic heterocycles. The summed E-state index contributed by atoms with van der Waals surface area (Å²) in [6.07, 6.45) is 3.24. The maximum absolute atomic E-state index is 10.6. The third-order valence-electron chi connectivity index (χ3n) is 1.50. The number of ketones is 1. The minimum Gasteiger partial charge on any atom is -0.300 e. The molecule has 3 heteroatoms. The van der Waals surface area contributed by atoms with Crippen molar-refractivity contribution in [2.75, 3.05) is 0 Å². The van der Waals surface area contributed by atoms with Gasteiger partial charge in [-0.05, 0) is 19.4 Å². The van der Waals surface area contributed by atoms with Gasteiger partial charge in [0, 0.05) is 19.7 Å². The molecule has 1 heterocycles. The summed E-state index contributed by atoms with van der Waals surface area (Å²) in [7, 11) is 1.87. The van der Waals surface area contributed by atoms with Gasteiger partial charge in [0.1, 0.15) is 5.78 Å². The van der Waals surface area contributed by atoms with E-state index in [0.29, 0.717) is 6.42 Å². The predicted molar refractivity (Wildman–Crippen MR) is 42.2 cm³/mol. The van der Waals surface area contributed by atoms with Crippen LogP contribution in [0.4, 0.5) is 0 Å². The van der Waals surface area contributed by atoms with E-state index in [1.807, 2.05) is 19.3 Å². The molecule has 1 rings (SSSR count). The van der Waals surface area contributed by atoms with Crippen molar-refractivity contribution >= 4 is 5.78 Å². The molecule has 1 aromatic rings. The van der Waals surface area contributed by atoms with E-state index in [1.165, 1.54) is 0 Å². The molecule has 0 N–H and O–H groups in total. The van der Waals surface area contributed by atoms with Crippen LogP contribution in [0, 0.1) is 0 Å². The maximum atomic E-state index is 10.6. The summed E-state index contributed by atoms with van der Waals surface area (Å²) < 4.78 is 1.75. The van der Waals surface area contributed by atoms with Gasteiger partial charge >= 0.3 is 0 Å². The number of aromatic nitrogens is 2. The summed E-state index contributed by atoms with van der Waals surface area (Å²) in [5.41, 5.74) is 0.989. The predicted octanol–water partition coefficient (Wildman–Crippen LogP) is 0.942. The molecule has 0 atom stereocenters. The fourth-order valence-electron chi connectivity index (χ4n) is 0.901. The second-order valence-electron chi connectivity index (χ2n) is 2.68. The zero-order valence-electron chi connectivity index (χ0n) is 6.87. The number of carbonyl (C=O) groups excluding carboxylic acids is 1. The lowest BCUT2D eigenvalue weighted by atomic mass is 10.2. The topological polar surface area (TPSA) is 34.9 Å². The van der Waals surface area contributed by atoms with E-state index in [-0.39, 0.29) is 5.78 Å². The van der Waals surface area contributed by atoms with Gasteiger partial charge in [0.15, 0.2) is 0 Å². The fraction of sp³-hybridized carbons (Fsp3) is 0.500. The third kappa shape index (κ3) is 2.53. The van der Waals surface area contributed by atoms with E-state index in [4.69, 9.17) is 0 Å². The van der Waals surface area contributed by atoms with E-state index >= 15 is 0 Å². The van der Waals surface area contributed by atoms with Crippen LogP contribution >= 0.6 is 0 Å². The largest absolute Gasteiger partial charge is 0.300 e. The van der Waals surface area contributed by atoms with Crippen LogP contribution in [0.1, 0.15) is 19.0 Å². The second kappa shape index (κ2) is 3.32. The monoisotopic (exact) mass is 152 g/mol. The van der Waals surface area contributed by atoms with Crippen molar-refractivity contribution in [1.82, 2.24) is 9.78 Å². The van der Waals surface area contributed by atoms with E-state index in [2.05, 4.69) is 5.10 Å². The van der Waals surface area contributed by atoms with Crippen LogP contribution in [0.2, 0.25) is 0 Å². The first-order valence-corrected chi connectivity index (χ1v) is 3.66. The van der Waals surface area contributed by atoms with Crippen LogP contribution in [0.25, 0.3) is 0 Å². The first-order chi connectivity index (χ1) is 5.18. The average molecular weight is 152 g/mol. The Morgan fingerprint density at radius 1 is 1.73 bits per heavy atom. The summed E-state index contributed by atoms with van der Waals surface area (Å²) in [5, 5.41) is 4.15. The highest BCUT2D eigenvalue weighted by Crippen LogP contribution is 1.98. The summed E-state index contributed by atoms with van der Waals surface area (Å²) in [6.45, 7) is 1.60. The van der Waals surface area contributed by atoms with E-state index < -0.39 is 0 Å². The molecule has 0 radical (unpaired) electrons. The number of hydrogen-bond donors (Lipinski definition) is 0. The van der Waals surface area contributed by atoms with Crippen LogP contribution in [-0.4, -0.2) is 15.6 Å². The van der Waals surface area contributed by atoms with Crippen molar-refractivity contribution < 1.29 is 4.79 Å². The van der Waals surface area contributed by atoms with Gasteiger partial charge < -0.3 is 4.79 Å². The molecule has 0 saturated heterocycles. The molecule has 3 nitrogen and oxygen atoms in total. The van der Waals surface area contributed by atoms with Gasteiger partial charge in [0.05, 0.1) is 5.69 Å². The summed E-state index contributed by atoms with van der Waals surface area (Å²) in [4.78, 5) is 10.6. The first kappa shape index (κ1) is 7.98. The molecule has 0 aliphatic carbocycles. The van der Waals surface area contributed by atoms with Crippen molar-refractivity contribution in [2.45, 2.75) is 19.8 Å². The molecule has 0 bridgehead atoms. The Morgan fingerprint density at radius 3 is 2.91 bits per heavy atom. The van der Waals surface area contributed by atoms with Crippen molar-refractivity contribution in [3.63, 3.8) is 0 Å². The SMILES string of the molecule is CC(=O)CCc1ccn(C)n1. The Balaban J connectivity index is 2.45. The van der Waals surface area contributed by atoms with E-state index in [0.717, 1.165) is 12.1 Å². The number of rotatable bonds is 3. The van der Waals surface area contributed by atoms with Gasteiger partial charge in [0.2, 0.25) is 0 Å². The maximum Gasteiger partial charge on any atom is 0.130 e. The third-order valence-corrected chi connectivity index (χ3v) is 1.50. The highest BCUT2D eigenvalue weighted by Gasteiger charge is 1.98. The Bertz CT molecular complexity index is 252. The minimum atomic E-state index is 0.218. The molecule has 0 aromatic carbocycles. The molecule has 1 aromatic heterocycles. The molecule has 0 spiro atoms. The van der Waals surface area contributed by atoms with Crippen molar-refractivity contribution in [2.24, 2.45) is 7.05 Å². The molecule has 0 saturated carbocycles. The minimum absolute atomic E-state index is 0.218. The van der Waals surface area contributed by atoms with Gasteiger partial charge in [-0.15, -0.1) is 0 Å². The van der Waals surface area contributed by atoms with Gasteiger partial charge in [-0.2, -0.15) is 5.10 Å². The molecule has 0 fully saturated rings. The number of nitrogens with zero attached hydrogens (tertiary/aromatic N) is 2. The van der Waals surface area contributed by atoms with Crippen LogP contribution < -0.4 is 0 Å². The Morgan fingerprint density at radius 2 is 2.45 bits per heavy atom. The van der Waals surface area contributed by atoms with E-state index in [1.54, 1.807) is 11.6 Å². The number of carbonyl (C=O) groups is 1. The number of Topliss-reactive ketones (excluding diaryl/α,β-unsaturated/α-hetero) is 1. The Labute approximate surface area is 66.0 Å². The van der Waals surface area contributed by atoms with Crippen LogP contribution in [-0.2, 0) is 18.3 Å². The van der Waals surface area contributed by atoms with Gasteiger partial charge in [-0.25, -0.2) is 0 Å². The zero-order chi connectivity index (χ0) is 8.27. The summed E-state index contributed by atoms with van der Waals surface area (Å²) >= 11 is 0. The number of hydrogen-bond acceptors (Lipinski definition) is 2. The summed E-state index contributed by atoms with van der Waals surface area (Å²) in [5.74, 6) is 0.218. The lowest BCUT2D eigenvalue weighted by Crippen LogP contribution is -1.96. The normalized spacial score (nSPS) is 10.0. The average Bonchev–Trinajstić information content (AvgIpc) is 2.31. The molecule has 0 unspecified atom stereocenters. The molecule has 0 amide bonds. The molecule has 11 heavy (non-hydrogen) atoms. The van der Waals surface area contributed by atoms with Crippen molar-refractivity contribution in [3.05, 3.63) is 18.0 Å². The van der Waals surface area contributed by atoms with Crippen molar-refractivity contribution in [3.8, 4) is 0 Å². The zero-order valence-corrected chi connectivity index (χ0v) is 6.87. The Hall–Kier alpha value is -1.12. The molecule has 0 aliphatic rings. The highest BCUT2D eigenvalue weighted by atomic mass is 16.1. The van der Waals surface area contributed by atoms with Crippen LogP contribution in [0.15, 0.2) is 12.3 Å². The first-order valence-electron chi connectivity index (χ1n) is 3.66. The molecular formula is C8H12N2O. The van der Waals surface area contributed by atoms with E-state index in [9.17, 15) is 4.79 Å². The second-order valence-corrected chi connectivity index (χ2v) is 2.68. The van der Waals surface area contributed by atoms with Gasteiger partial charge in [0.25, 0.3) is 0 Å². The van der Waals surface area contributed by atoms with Gasteiger partial charge in [-0.1, -0.05) is 0 Å². The quantitative estimate of drug-likeness (QED) is 0.646. The van der Waals surface area contributed by atoms with Gasteiger partial charge in [-0.3, -0.25) is 4.68 Å².